The van der Waals surface area contributed by atoms with Crippen molar-refractivity contribution in [2.75, 3.05) is 13.7 Å². The van der Waals surface area contributed by atoms with Gasteiger partial charge in [0.15, 0.2) is 23.2 Å². The third-order valence-electron chi connectivity index (χ3n) is 5.23. The van der Waals surface area contributed by atoms with Crippen LogP contribution in [0, 0.1) is 17.5 Å². The van der Waals surface area contributed by atoms with E-state index in [-0.39, 0.29) is 35.2 Å². The number of amides is 1. The first-order valence-electron chi connectivity index (χ1n) is 9.40. The highest BCUT2D eigenvalue weighted by atomic mass is 19.4. The Morgan fingerprint density at radius 1 is 1.09 bits per heavy atom. The Morgan fingerprint density at radius 3 is 2.39 bits per heavy atom. The minimum Gasteiger partial charge on any atom is -0.403 e. The van der Waals surface area contributed by atoms with E-state index in [1.807, 2.05) is 0 Å². The second-order valence-corrected chi connectivity index (χ2v) is 7.30. The standard InChI is InChI=1S/C21H14F6N2O4/c1-29(20(31)9-2-3-17(14(24)4-9)33-21(25,26)27)16-8-32-7-15-18(16)10-5-12(22)13(23)6-11(10)19(30)28-15/h2-6,16H,7-8H2,1H3,(H,28,30). The quantitative estimate of drug-likeness (QED) is 0.581. The summed E-state index contributed by atoms with van der Waals surface area (Å²) < 4.78 is 87.8. The molecule has 1 aliphatic heterocycles. The maximum absolute atomic E-state index is 14.1. The van der Waals surface area contributed by atoms with Gasteiger partial charge < -0.3 is 19.4 Å². The molecule has 33 heavy (non-hydrogen) atoms. The van der Waals surface area contributed by atoms with Crippen molar-refractivity contribution in [2.45, 2.75) is 19.0 Å². The molecular weight excluding hydrogens is 458 g/mol. The molecule has 0 bridgehead atoms. The van der Waals surface area contributed by atoms with Crippen LogP contribution >= 0.6 is 0 Å². The largest absolute Gasteiger partial charge is 0.573 e. The fraction of sp³-hybridized carbons (Fsp3) is 0.238. The Bertz CT molecular complexity index is 1320. The predicted molar refractivity (Wildman–Crippen MR) is 102 cm³/mol. The number of H-pyrrole nitrogens is 1. The van der Waals surface area contributed by atoms with Gasteiger partial charge in [0.25, 0.3) is 11.5 Å². The third kappa shape index (κ3) is 4.25. The number of aromatic amines is 1. The lowest BCUT2D eigenvalue weighted by molar-refractivity contribution is -0.275. The summed E-state index contributed by atoms with van der Waals surface area (Å²) in [4.78, 5) is 28.9. The Hall–Kier alpha value is -3.54. The zero-order chi connectivity index (χ0) is 24.1. The molecule has 1 unspecified atom stereocenters. The molecule has 3 aromatic rings. The molecule has 174 valence electrons. The Labute approximate surface area is 181 Å². The Morgan fingerprint density at radius 2 is 1.76 bits per heavy atom. The van der Waals surface area contributed by atoms with Gasteiger partial charge in [0.1, 0.15) is 0 Å². The van der Waals surface area contributed by atoms with Gasteiger partial charge in [-0.2, -0.15) is 0 Å². The summed E-state index contributed by atoms with van der Waals surface area (Å²) in [7, 11) is 1.32. The number of nitrogens with zero attached hydrogens (tertiary/aromatic N) is 1. The Kier molecular flexibility index (Phi) is 5.56. The number of pyridine rings is 1. The van der Waals surface area contributed by atoms with Crippen LogP contribution in [0.4, 0.5) is 26.3 Å². The first kappa shape index (κ1) is 22.6. The molecule has 1 aliphatic rings. The van der Waals surface area contributed by atoms with E-state index in [0.29, 0.717) is 17.7 Å². The number of rotatable bonds is 3. The van der Waals surface area contributed by atoms with Crippen LogP contribution in [0.5, 0.6) is 5.75 Å². The van der Waals surface area contributed by atoms with Gasteiger partial charge in [0.2, 0.25) is 0 Å². The van der Waals surface area contributed by atoms with Gasteiger partial charge in [-0.05, 0) is 35.7 Å². The molecule has 0 fully saturated rings. The molecule has 12 heteroatoms. The first-order valence-corrected chi connectivity index (χ1v) is 9.40. The normalized spacial score (nSPS) is 15.9. The lowest BCUT2D eigenvalue weighted by Gasteiger charge is -2.34. The second kappa shape index (κ2) is 8.10. The smallest absolute Gasteiger partial charge is 0.403 e. The van der Waals surface area contributed by atoms with Gasteiger partial charge in [0.05, 0.1) is 24.6 Å². The van der Waals surface area contributed by atoms with Crippen molar-refractivity contribution < 1.29 is 40.6 Å². The third-order valence-corrected chi connectivity index (χ3v) is 5.23. The number of carbonyl (C=O) groups is 1. The van der Waals surface area contributed by atoms with Crippen LogP contribution in [0.1, 0.15) is 27.7 Å². The van der Waals surface area contributed by atoms with E-state index in [0.717, 1.165) is 23.1 Å². The van der Waals surface area contributed by atoms with Crippen LogP contribution in [0.25, 0.3) is 10.8 Å². The number of carbonyl (C=O) groups excluding carboxylic acids is 1. The predicted octanol–water partition coefficient (Wildman–Crippen LogP) is 4.19. The highest BCUT2D eigenvalue weighted by Crippen LogP contribution is 2.34. The minimum atomic E-state index is -5.11. The number of halogens is 6. The number of ether oxygens (including phenoxy) is 2. The number of aromatic nitrogens is 1. The summed E-state index contributed by atoms with van der Waals surface area (Å²) in [5, 5.41) is -0.0687. The number of hydrogen-bond acceptors (Lipinski definition) is 4. The van der Waals surface area contributed by atoms with Crippen LogP contribution in [-0.2, 0) is 11.3 Å². The van der Waals surface area contributed by atoms with Gasteiger partial charge >= 0.3 is 6.36 Å². The summed E-state index contributed by atoms with van der Waals surface area (Å²) in [6.45, 7) is -0.150. The summed E-state index contributed by atoms with van der Waals surface area (Å²) in [5.41, 5.74) is -0.414. The number of likely N-dealkylation sites (N-methyl/N-ethyl adjacent to an activating group) is 1. The van der Waals surface area contributed by atoms with Crippen LogP contribution in [0.3, 0.4) is 0 Å². The molecule has 0 radical (unpaired) electrons. The summed E-state index contributed by atoms with van der Waals surface area (Å²) in [6.07, 6.45) is -5.11. The van der Waals surface area contributed by atoms with Crippen LogP contribution in [-0.4, -0.2) is 35.8 Å². The van der Waals surface area contributed by atoms with E-state index < -0.39 is 47.1 Å². The van der Waals surface area contributed by atoms with Gasteiger partial charge in [-0.15, -0.1) is 13.2 Å². The second-order valence-electron chi connectivity index (χ2n) is 7.30. The van der Waals surface area contributed by atoms with E-state index in [4.69, 9.17) is 4.74 Å². The molecule has 0 aliphatic carbocycles. The van der Waals surface area contributed by atoms with Crippen molar-refractivity contribution in [3.63, 3.8) is 0 Å². The van der Waals surface area contributed by atoms with Crippen molar-refractivity contribution >= 4 is 16.7 Å². The number of nitrogens with one attached hydrogen (secondary N) is 1. The molecule has 0 saturated carbocycles. The Balaban J connectivity index is 1.74. The molecular formula is C21H14F6N2O4. The lowest BCUT2D eigenvalue weighted by atomic mass is 9.95. The van der Waals surface area contributed by atoms with Gasteiger partial charge in [0, 0.05) is 23.9 Å². The highest BCUT2D eigenvalue weighted by molar-refractivity contribution is 5.95. The van der Waals surface area contributed by atoms with E-state index in [9.17, 15) is 35.9 Å². The monoisotopic (exact) mass is 472 g/mol. The fourth-order valence-corrected chi connectivity index (χ4v) is 3.73. The lowest BCUT2D eigenvalue weighted by Crippen LogP contribution is -2.37. The van der Waals surface area contributed by atoms with Crippen molar-refractivity contribution in [3.05, 3.63) is 75.0 Å². The SMILES string of the molecule is CN(C(=O)c1ccc(OC(F)(F)F)c(F)c1)C1COCc2[nH]c(=O)c3cc(F)c(F)cc3c21. The van der Waals surface area contributed by atoms with E-state index in [2.05, 4.69) is 9.72 Å². The van der Waals surface area contributed by atoms with Crippen molar-refractivity contribution in [1.29, 1.82) is 0 Å². The van der Waals surface area contributed by atoms with E-state index >= 15 is 0 Å². The van der Waals surface area contributed by atoms with Crippen molar-refractivity contribution in [3.8, 4) is 5.75 Å². The van der Waals surface area contributed by atoms with E-state index in [1.54, 1.807) is 0 Å². The molecule has 0 spiro atoms. The molecule has 1 atom stereocenters. The maximum atomic E-state index is 14.1. The van der Waals surface area contributed by atoms with Crippen LogP contribution in [0.15, 0.2) is 35.1 Å². The number of benzene rings is 2. The topological polar surface area (TPSA) is 71.6 Å². The fourth-order valence-electron chi connectivity index (χ4n) is 3.73. The summed E-state index contributed by atoms with van der Waals surface area (Å²) >= 11 is 0. The van der Waals surface area contributed by atoms with Gasteiger partial charge in [-0.1, -0.05) is 0 Å². The first-order chi connectivity index (χ1) is 15.5. The highest BCUT2D eigenvalue weighted by Gasteiger charge is 2.34. The molecule has 6 nitrogen and oxygen atoms in total. The molecule has 0 saturated heterocycles. The average Bonchev–Trinajstić information content (AvgIpc) is 2.74. The summed E-state index contributed by atoms with van der Waals surface area (Å²) in [6, 6.07) is 2.89. The number of hydrogen-bond donors (Lipinski definition) is 1. The van der Waals surface area contributed by atoms with Gasteiger partial charge in [-0.25, -0.2) is 13.2 Å². The molecule has 2 aromatic carbocycles. The zero-order valence-electron chi connectivity index (χ0n) is 16.7. The van der Waals surface area contributed by atoms with Crippen molar-refractivity contribution in [2.24, 2.45) is 0 Å². The molecule has 1 amide bonds. The van der Waals surface area contributed by atoms with Crippen LogP contribution < -0.4 is 10.3 Å². The van der Waals surface area contributed by atoms with E-state index in [1.165, 1.54) is 7.05 Å². The summed E-state index contributed by atoms with van der Waals surface area (Å²) in [5.74, 6) is -5.72. The van der Waals surface area contributed by atoms with Crippen molar-refractivity contribution in [1.82, 2.24) is 9.88 Å². The number of fused-ring (bicyclic) bond motifs is 3. The molecule has 1 aromatic heterocycles. The zero-order valence-corrected chi connectivity index (χ0v) is 16.7. The van der Waals surface area contributed by atoms with Gasteiger partial charge in [-0.3, -0.25) is 9.59 Å². The van der Waals surface area contributed by atoms with Crippen LogP contribution in [0.2, 0.25) is 0 Å². The average molecular weight is 472 g/mol. The molecule has 4 rings (SSSR count). The molecule has 1 N–H and O–H groups in total. The maximum Gasteiger partial charge on any atom is 0.573 e. The minimum absolute atomic E-state index is 0.0594. The number of alkyl halides is 3. The molecule has 2 heterocycles.